The van der Waals surface area contributed by atoms with E-state index < -0.39 is 15.6 Å². The van der Waals surface area contributed by atoms with Gasteiger partial charge >= 0.3 is 0 Å². The summed E-state index contributed by atoms with van der Waals surface area (Å²) in [4.78, 5) is 32.2. The van der Waals surface area contributed by atoms with Gasteiger partial charge in [0.2, 0.25) is 5.91 Å². The summed E-state index contributed by atoms with van der Waals surface area (Å²) in [5.41, 5.74) is -0.0596. The Morgan fingerprint density at radius 1 is 1.21 bits per heavy atom. The van der Waals surface area contributed by atoms with Crippen LogP contribution >= 0.6 is 0 Å². The molecule has 11 heteroatoms. The van der Waals surface area contributed by atoms with Gasteiger partial charge in [-0.25, -0.2) is 13.4 Å². The Labute approximate surface area is 161 Å². The van der Waals surface area contributed by atoms with E-state index in [-0.39, 0.29) is 28.0 Å². The summed E-state index contributed by atoms with van der Waals surface area (Å²) in [7, 11) is -4.03. The lowest BCUT2D eigenvalue weighted by Gasteiger charge is -2.10. The minimum atomic E-state index is -4.03. The van der Waals surface area contributed by atoms with Crippen LogP contribution in [0.5, 0.6) is 0 Å². The van der Waals surface area contributed by atoms with Crippen LogP contribution in [0.2, 0.25) is 0 Å². The molecule has 2 aromatic heterocycles. The number of aromatic amines is 1. The molecule has 0 atom stereocenters. The fraction of sp³-hybridized carbons (Fsp3) is 0.294. The van der Waals surface area contributed by atoms with Gasteiger partial charge in [-0.3, -0.25) is 19.4 Å². The zero-order valence-electron chi connectivity index (χ0n) is 15.6. The zero-order chi connectivity index (χ0) is 20.5. The number of aryl methyl sites for hydroxylation is 2. The second-order valence-electron chi connectivity index (χ2n) is 6.24. The number of hydrogen-bond acceptors (Lipinski definition) is 6. The molecule has 1 amide bonds. The minimum absolute atomic E-state index is 0.0539. The van der Waals surface area contributed by atoms with E-state index in [9.17, 15) is 18.0 Å². The fourth-order valence-electron chi connectivity index (χ4n) is 2.64. The van der Waals surface area contributed by atoms with Crippen LogP contribution in [0.3, 0.4) is 0 Å². The van der Waals surface area contributed by atoms with Crippen molar-refractivity contribution in [3.63, 3.8) is 0 Å². The standard InChI is InChI=1S/C17H20N6O4S/c1-4-5-14-20-17-18-10(2)15(16(25)23(17)21-14)22-28(26,27)13-8-6-12(7-9-13)19-11(3)24/h6-9,22H,4-5H2,1-3H3,(H,19,24)(H,18,20,21). The molecule has 1 aromatic carbocycles. The van der Waals surface area contributed by atoms with Crippen molar-refractivity contribution < 1.29 is 13.2 Å². The van der Waals surface area contributed by atoms with Gasteiger partial charge in [0.25, 0.3) is 21.4 Å². The maximum atomic E-state index is 12.7. The molecular formula is C17H20N6O4S. The number of nitrogens with one attached hydrogen (secondary N) is 3. The number of rotatable bonds is 6. The Hall–Kier alpha value is -3.21. The molecule has 0 saturated carbocycles. The molecule has 0 spiro atoms. The maximum absolute atomic E-state index is 12.7. The van der Waals surface area contributed by atoms with Crippen molar-refractivity contribution in [2.75, 3.05) is 10.0 Å². The van der Waals surface area contributed by atoms with Crippen LogP contribution in [0.1, 0.15) is 31.8 Å². The van der Waals surface area contributed by atoms with Gasteiger partial charge < -0.3 is 5.32 Å². The highest BCUT2D eigenvalue weighted by molar-refractivity contribution is 7.92. The summed E-state index contributed by atoms with van der Waals surface area (Å²) in [6.07, 6.45) is 1.48. The van der Waals surface area contributed by atoms with E-state index in [4.69, 9.17) is 0 Å². The van der Waals surface area contributed by atoms with Crippen molar-refractivity contribution >= 4 is 33.1 Å². The van der Waals surface area contributed by atoms with Crippen molar-refractivity contribution in [2.24, 2.45) is 0 Å². The van der Waals surface area contributed by atoms with Gasteiger partial charge in [0.15, 0.2) is 0 Å². The number of nitrogens with zero attached hydrogens (tertiary/aromatic N) is 3. The fourth-order valence-corrected chi connectivity index (χ4v) is 3.76. The van der Waals surface area contributed by atoms with E-state index >= 15 is 0 Å². The zero-order valence-corrected chi connectivity index (χ0v) is 16.4. The lowest BCUT2D eigenvalue weighted by molar-refractivity contribution is -0.114. The number of fused-ring (bicyclic) bond motifs is 1. The Bertz CT molecular complexity index is 1190. The SMILES string of the molecule is CCCc1nc2nc(C)c(NS(=O)(=O)c3ccc(NC(C)=O)cc3)c(=O)n2[nH]1. The number of sulfonamides is 1. The first-order valence-electron chi connectivity index (χ1n) is 8.60. The van der Waals surface area contributed by atoms with Gasteiger partial charge in [0.05, 0.1) is 10.6 Å². The molecule has 0 aliphatic carbocycles. The second-order valence-corrected chi connectivity index (χ2v) is 7.93. The van der Waals surface area contributed by atoms with E-state index in [2.05, 4.69) is 25.1 Å². The number of hydrogen-bond donors (Lipinski definition) is 3. The molecule has 0 bridgehead atoms. The largest absolute Gasteiger partial charge is 0.326 e. The third-order valence-corrected chi connectivity index (χ3v) is 5.30. The molecular weight excluding hydrogens is 384 g/mol. The summed E-state index contributed by atoms with van der Waals surface area (Å²) >= 11 is 0. The predicted molar refractivity (Wildman–Crippen MR) is 104 cm³/mol. The molecule has 3 rings (SSSR count). The highest BCUT2D eigenvalue weighted by Gasteiger charge is 2.20. The highest BCUT2D eigenvalue weighted by atomic mass is 32.2. The van der Waals surface area contributed by atoms with E-state index in [1.54, 1.807) is 0 Å². The summed E-state index contributed by atoms with van der Waals surface area (Å²) in [5, 5.41) is 5.39. The summed E-state index contributed by atoms with van der Waals surface area (Å²) < 4.78 is 28.8. The molecule has 0 fully saturated rings. The number of anilines is 2. The first-order valence-corrected chi connectivity index (χ1v) is 10.1. The molecule has 148 valence electrons. The molecule has 3 aromatic rings. The van der Waals surface area contributed by atoms with Gasteiger partial charge in [0.1, 0.15) is 11.5 Å². The lowest BCUT2D eigenvalue weighted by atomic mass is 10.3. The number of H-pyrrole nitrogens is 1. The third kappa shape index (κ3) is 3.88. The summed E-state index contributed by atoms with van der Waals surface area (Å²) in [6.45, 7) is 4.87. The molecule has 2 heterocycles. The van der Waals surface area contributed by atoms with Crippen molar-refractivity contribution in [3.8, 4) is 0 Å². The van der Waals surface area contributed by atoms with Gasteiger partial charge in [0, 0.05) is 19.0 Å². The Kier molecular flexibility index (Phi) is 5.18. The van der Waals surface area contributed by atoms with Crippen molar-refractivity contribution in [1.82, 2.24) is 19.6 Å². The van der Waals surface area contributed by atoms with Crippen LogP contribution in [-0.4, -0.2) is 33.9 Å². The van der Waals surface area contributed by atoms with E-state index in [1.165, 1.54) is 38.1 Å². The minimum Gasteiger partial charge on any atom is -0.326 e. The number of carbonyl (C=O) groups excluding carboxylic acids is 1. The van der Waals surface area contributed by atoms with Crippen molar-refractivity contribution in [3.05, 3.63) is 46.1 Å². The van der Waals surface area contributed by atoms with E-state index in [0.29, 0.717) is 17.9 Å². The smallest absolute Gasteiger partial charge is 0.298 e. The van der Waals surface area contributed by atoms with Crippen LogP contribution in [-0.2, 0) is 21.2 Å². The first kappa shape index (κ1) is 19.5. The van der Waals surface area contributed by atoms with Crippen LogP contribution in [0.15, 0.2) is 34.0 Å². The summed E-state index contributed by atoms with van der Waals surface area (Å²) in [6, 6.07) is 5.59. The number of amides is 1. The first-order chi connectivity index (χ1) is 13.2. The molecule has 0 radical (unpaired) electrons. The Balaban J connectivity index is 1.96. The third-order valence-electron chi connectivity index (χ3n) is 3.93. The van der Waals surface area contributed by atoms with Crippen LogP contribution in [0.25, 0.3) is 5.78 Å². The number of benzene rings is 1. The molecule has 3 N–H and O–H groups in total. The van der Waals surface area contributed by atoms with Crippen LogP contribution in [0.4, 0.5) is 11.4 Å². The molecule has 0 aliphatic rings. The van der Waals surface area contributed by atoms with Crippen molar-refractivity contribution in [1.29, 1.82) is 0 Å². The molecule has 0 unspecified atom stereocenters. The lowest BCUT2D eigenvalue weighted by Crippen LogP contribution is -2.25. The second kappa shape index (κ2) is 7.43. The van der Waals surface area contributed by atoms with Crippen molar-refractivity contribution in [2.45, 2.75) is 38.5 Å². The van der Waals surface area contributed by atoms with E-state index in [0.717, 1.165) is 10.9 Å². The van der Waals surface area contributed by atoms with Gasteiger partial charge in [-0.15, -0.1) is 0 Å². The molecule has 0 aliphatic heterocycles. The summed E-state index contributed by atoms with van der Waals surface area (Å²) in [5.74, 6) is 0.521. The Morgan fingerprint density at radius 2 is 1.89 bits per heavy atom. The molecule has 28 heavy (non-hydrogen) atoms. The quantitative estimate of drug-likeness (QED) is 0.568. The van der Waals surface area contributed by atoms with Gasteiger partial charge in [-0.05, 0) is 37.6 Å². The number of carbonyl (C=O) groups is 1. The van der Waals surface area contributed by atoms with Crippen LogP contribution in [0, 0.1) is 6.92 Å². The van der Waals surface area contributed by atoms with Gasteiger partial charge in [-0.1, -0.05) is 6.92 Å². The van der Waals surface area contributed by atoms with E-state index in [1.807, 2.05) is 6.92 Å². The molecule has 0 saturated heterocycles. The topological polar surface area (TPSA) is 138 Å². The Morgan fingerprint density at radius 3 is 2.50 bits per heavy atom. The predicted octanol–water partition coefficient (Wildman–Crippen LogP) is 1.44. The van der Waals surface area contributed by atoms with Gasteiger partial charge in [-0.2, -0.15) is 9.50 Å². The average Bonchev–Trinajstić information content (AvgIpc) is 3.01. The van der Waals surface area contributed by atoms with Crippen LogP contribution < -0.4 is 15.6 Å². The monoisotopic (exact) mass is 404 g/mol. The molecule has 10 nitrogen and oxygen atoms in total. The average molecular weight is 404 g/mol. The number of aromatic nitrogens is 4. The highest BCUT2D eigenvalue weighted by Crippen LogP contribution is 2.18. The normalized spacial score (nSPS) is 11.5. The maximum Gasteiger partial charge on any atom is 0.298 e.